The fourth-order valence-corrected chi connectivity index (χ4v) is 5.70. The molecule has 9 nitrogen and oxygen atoms in total. The highest BCUT2D eigenvalue weighted by atomic mass is 32.2. The summed E-state index contributed by atoms with van der Waals surface area (Å²) in [6.45, 7) is 8.69. The minimum atomic E-state index is -0.673. The molecule has 2 aliphatic heterocycles. The van der Waals surface area contributed by atoms with Gasteiger partial charge in [-0.15, -0.1) is 11.8 Å². The average Bonchev–Trinajstić information content (AvgIpc) is 3.19. The Morgan fingerprint density at radius 3 is 2.71 bits per heavy atom. The second kappa shape index (κ2) is 9.10. The molecule has 0 unspecified atom stereocenters. The van der Waals surface area contributed by atoms with Crippen LogP contribution in [0.5, 0.6) is 0 Å². The van der Waals surface area contributed by atoms with Crippen LogP contribution in [0.1, 0.15) is 59.8 Å². The van der Waals surface area contributed by atoms with Gasteiger partial charge in [-0.3, -0.25) is 23.9 Å². The van der Waals surface area contributed by atoms with Gasteiger partial charge in [-0.25, -0.2) is 4.79 Å². The van der Waals surface area contributed by atoms with Gasteiger partial charge in [0.1, 0.15) is 11.9 Å². The number of anilines is 2. The molecular formula is C21H33N5O4S. The number of nitrogen functional groups attached to an aromatic ring is 1. The van der Waals surface area contributed by atoms with E-state index < -0.39 is 17.3 Å². The lowest BCUT2D eigenvalue weighted by Gasteiger charge is -2.33. The SMILES string of the molecule is CCCCn1c(N)c(N(CCC(C)C)C(=O)[C@H]2CS[C@@]3(C)CCC(=O)N23)c(=O)[nH]c1=O. The van der Waals surface area contributed by atoms with Crippen molar-refractivity contribution in [1.29, 1.82) is 0 Å². The predicted octanol–water partition coefficient (Wildman–Crippen LogP) is 1.75. The van der Waals surface area contributed by atoms with Gasteiger partial charge in [0.05, 0.1) is 4.87 Å². The van der Waals surface area contributed by atoms with E-state index in [1.165, 1.54) is 9.47 Å². The van der Waals surface area contributed by atoms with E-state index in [1.807, 2.05) is 27.7 Å². The molecule has 0 aromatic carbocycles. The van der Waals surface area contributed by atoms with Gasteiger partial charge < -0.3 is 15.5 Å². The molecule has 2 aliphatic rings. The van der Waals surface area contributed by atoms with Crippen LogP contribution in [-0.4, -0.2) is 49.5 Å². The predicted molar refractivity (Wildman–Crippen MR) is 123 cm³/mol. The Morgan fingerprint density at radius 2 is 2.06 bits per heavy atom. The zero-order valence-corrected chi connectivity index (χ0v) is 19.6. The van der Waals surface area contributed by atoms with Gasteiger partial charge in [-0.05, 0) is 32.1 Å². The molecule has 2 fully saturated rings. The van der Waals surface area contributed by atoms with E-state index in [-0.39, 0.29) is 34.7 Å². The summed E-state index contributed by atoms with van der Waals surface area (Å²) in [6.07, 6.45) is 3.35. The molecule has 172 valence electrons. The summed E-state index contributed by atoms with van der Waals surface area (Å²) < 4.78 is 1.32. The number of carbonyl (C=O) groups excluding carboxylic acids is 2. The lowest BCUT2D eigenvalue weighted by molar-refractivity contribution is -0.136. The number of hydrogen-bond acceptors (Lipinski definition) is 6. The average molecular weight is 452 g/mol. The van der Waals surface area contributed by atoms with Crippen molar-refractivity contribution in [3.63, 3.8) is 0 Å². The van der Waals surface area contributed by atoms with Crippen LogP contribution in [0.25, 0.3) is 0 Å². The molecule has 0 saturated carbocycles. The van der Waals surface area contributed by atoms with E-state index >= 15 is 0 Å². The van der Waals surface area contributed by atoms with Crippen molar-refractivity contribution in [2.75, 3.05) is 22.9 Å². The number of nitrogens with zero attached hydrogens (tertiary/aromatic N) is 3. The molecule has 31 heavy (non-hydrogen) atoms. The highest BCUT2D eigenvalue weighted by Gasteiger charge is 2.54. The molecule has 2 saturated heterocycles. The number of aromatic amines is 1. The first-order chi connectivity index (χ1) is 14.6. The number of nitrogens with two attached hydrogens (primary N) is 1. The minimum Gasteiger partial charge on any atom is -0.383 e. The largest absolute Gasteiger partial charge is 0.383 e. The fourth-order valence-electron chi connectivity index (χ4n) is 4.28. The maximum absolute atomic E-state index is 13.7. The van der Waals surface area contributed by atoms with Crippen molar-refractivity contribution in [1.82, 2.24) is 14.5 Å². The van der Waals surface area contributed by atoms with Crippen LogP contribution in [0.3, 0.4) is 0 Å². The highest BCUT2D eigenvalue weighted by molar-refractivity contribution is 8.01. The molecule has 1 aromatic heterocycles. The summed E-state index contributed by atoms with van der Waals surface area (Å²) in [5.41, 5.74) is 5.05. The Hall–Kier alpha value is -2.23. The lowest BCUT2D eigenvalue weighted by atomic mass is 10.1. The van der Waals surface area contributed by atoms with Gasteiger partial charge in [0.2, 0.25) is 5.91 Å². The van der Waals surface area contributed by atoms with E-state index in [1.54, 1.807) is 16.7 Å². The van der Waals surface area contributed by atoms with E-state index in [4.69, 9.17) is 5.73 Å². The maximum atomic E-state index is 13.7. The van der Waals surface area contributed by atoms with Crippen LogP contribution in [0.2, 0.25) is 0 Å². The first-order valence-electron chi connectivity index (χ1n) is 11.0. The van der Waals surface area contributed by atoms with E-state index in [0.29, 0.717) is 37.5 Å². The number of nitrogens with one attached hydrogen (secondary N) is 1. The van der Waals surface area contributed by atoms with Crippen molar-refractivity contribution in [3.05, 3.63) is 20.8 Å². The number of unbranched alkanes of at least 4 members (excludes halogenated alkanes) is 1. The monoisotopic (exact) mass is 451 g/mol. The Balaban J connectivity index is 2.04. The zero-order chi connectivity index (χ0) is 22.9. The van der Waals surface area contributed by atoms with Crippen LogP contribution in [0, 0.1) is 5.92 Å². The topological polar surface area (TPSA) is 121 Å². The Morgan fingerprint density at radius 1 is 1.35 bits per heavy atom. The van der Waals surface area contributed by atoms with Gasteiger partial charge >= 0.3 is 5.69 Å². The third-order valence-corrected chi connectivity index (χ3v) is 7.65. The third-order valence-electron chi connectivity index (χ3n) is 6.15. The minimum absolute atomic E-state index is 0.000432. The molecular weight excluding hydrogens is 418 g/mol. The highest BCUT2D eigenvalue weighted by Crippen LogP contribution is 2.47. The van der Waals surface area contributed by atoms with Crippen molar-refractivity contribution in [3.8, 4) is 0 Å². The summed E-state index contributed by atoms with van der Waals surface area (Å²) in [7, 11) is 0. The van der Waals surface area contributed by atoms with Gasteiger partial charge in [-0.2, -0.15) is 0 Å². The van der Waals surface area contributed by atoms with Gasteiger partial charge in [-0.1, -0.05) is 27.2 Å². The molecule has 3 rings (SSSR count). The van der Waals surface area contributed by atoms with Crippen LogP contribution in [-0.2, 0) is 16.1 Å². The normalized spacial score (nSPS) is 22.9. The van der Waals surface area contributed by atoms with Crippen LogP contribution < -0.4 is 21.9 Å². The van der Waals surface area contributed by atoms with E-state index in [2.05, 4.69) is 4.98 Å². The smallest absolute Gasteiger partial charge is 0.330 e. The number of carbonyl (C=O) groups is 2. The first-order valence-corrected chi connectivity index (χ1v) is 12.0. The summed E-state index contributed by atoms with van der Waals surface area (Å²) in [5, 5.41) is 0. The number of hydrogen-bond donors (Lipinski definition) is 2. The van der Waals surface area contributed by atoms with Gasteiger partial charge in [0.25, 0.3) is 11.5 Å². The van der Waals surface area contributed by atoms with Gasteiger partial charge in [0, 0.05) is 25.3 Å². The molecule has 2 amide bonds. The van der Waals surface area contributed by atoms with Crippen LogP contribution >= 0.6 is 11.8 Å². The molecule has 0 aliphatic carbocycles. The first kappa shape index (κ1) is 23.4. The molecule has 1 aromatic rings. The van der Waals surface area contributed by atoms with E-state index in [0.717, 1.165) is 12.8 Å². The van der Waals surface area contributed by atoms with Crippen molar-refractivity contribution < 1.29 is 9.59 Å². The summed E-state index contributed by atoms with van der Waals surface area (Å²) in [4.78, 5) is 56.5. The second-order valence-electron chi connectivity index (χ2n) is 8.94. The molecule has 0 bridgehead atoms. The van der Waals surface area contributed by atoms with Crippen LogP contribution in [0.15, 0.2) is 9.59 Å². The standard InChI is InChI=1S/C21H33N5O4S/c1-5-6-10-25-17(22)16(18(28)23-20(25)30)24(11-8-13(2)3)19(29)14-12-31-21(4)9-7-15(27)26(14)21/h13-14H,5-12,22H2,1-4H3,(H,23,28,30)/t14-,21+/m1/s1. The van der Waals surface area contributed by atoms with Crippen molar-refractivity contribution in [2.24, 2.45) is 5.92 Å². The Kier molecular flexibility index (Phi) is 6.88. The fraction of sp³-hybridized carbons (Fsp3) is 0.714. The number of fused-ring (bicyclic) bond motifs is 1. The molecule has 2 atom stereocenters. The number of aromatic nitrogens is 2. The van der Waals surface area contributed by atoms with Crippen molar-refractivity contribution >= 4 is 35.1 Å². The summed E-state index contributed by atoms with van der Waals surface area (Å²) in [5.74, 6) is 0.417. The Bertz CT molecular complexity index is 971. The molecule has 0 spiro atoms. The number of thioether (sulfide) groups is 1. The van der Waals surface area contributed by atoms with Crippen LogP contribution in [0.4, 0.5) is 11.5 Å². The number of rotatable bonds is 8. The molecule has 3 N–H and O–H groups in total. The molecule has 0 radical (unpaired) electrons. The quantitative estimate of drug-likeness (QED) is 0.621. The van der Waals surface area contributed by atoms with E-state index in [9.17, 15) is 19.2 Å². The summed E-state index contributed by atoms with van der Waals surface area (Å²) in [6, 6.07) is -0.646. The third kappa shape index (κ3) is 4.40. The molecule has 10 heteroatoms. The Labute approximate surface area is 186 Å². The zero-order valence-electron chi connectivity index (χ0n) is 18.8. The van der Waals surface area contributed by atoms with Crippen molar-refractivity contribution in [2.45, 2.75) is 77.3 Å². The number of H-pyrrole nitrogens is 1. The second-order valence-corrected chi connectivity index (χ2v) is 10.4. The lowest BCUT2D eigenvalue weighted by Crippen LogP contribution is -2.53. The maximum Gasteiger partial charge on any atom is 0.330 e. The van der Waals surface area contributed by atoms with Gasteiger partial charge in [0.15, 0.2) is 5.69 Å². The summed E-state index contributed by atoms with van der Waals surface area (Å²) >= 11 is 1.60. The number of amides is 2. The molecule has 3 heterocycles.